The zero-order chi connectivity index (χ0) is 21.9. The van der Waals surface area contributed by atoms with Crippen LogP contribution in [0.1, 0.15) is 26.6 Å². The average molecular weight is 413 g/mol. The number of imidazole rings is 1. The summed E-state index contributed by atoms with van der Waals surface area (Å²) in [6, 6.07) is 7.52. The van der Waals surface area contributed by atoms with Gasteiger partial charge in [-0.05, 0) is 32.9 Å². The third-order valence-electron chi connectivity index (χ3n) is 4.00. The molecule has 0 radical (unpaired) electrons. The van der Waals surface area contributed by atoms with Crippen LogP contribution in [0, 0.1) is 10.1 Å². The Morgan fingerprint density at radius 1 is 1.30 bits per heavy atom. The molecule has 0 spiro atoms. The number of nitro groups is 1. The van der Waals surface area contributed by atoms with E-state index in [-0.39, 0.29) is 30.4 Å². The molecule has 2 N–H and O–H groups in total. The third-order valence-corrected chi connectivity index (χ3v) is 4.00. The number of rotatable bonds is 7. The Labute approximate surface area is 172 Å². The summed E-state index contributed by atoms with van der Waals surface area (Å²) in [4.78, 5) is 40.2. The minimum Gasteiger partial charge on any atom is -0.459 e. The Morgan fingerprint density at radius 2 is 2.03 bits per heavy atom. The molecule has 1 aromatic carbocycles. The fraction of sp³-hybridized carbons (Fsp3) is 0.368. The van der Waals surface area contributed by atoms with Crippen molar-refractivity contribution in [3.63, 3.8) is 0 Å². The molecule has 2 aromatic heterocycles. The molecule has 0 aliphatic carbocycles. The summed E-state index contributed by atoms with van der Waals surface area (Å²) >= 11 is 0. The number of carbonyl (C=O) groups excluding carboxylic acids is 1. The van der Waals surface area contributed by atoms with E-state index in [1.165, 1.54) is 18.3 Å². The second kappa shape index (κ2) is 8.31. The van der Waals surface area contributed by atoms with Crippen LogP contribution in [-0.2, 0) is 16.1 Å². The number of hydrogen-bond donors (Lipinski definition) is 2. The van der Waals surface area contributed by atoms with Crippen LogP contribution in [0.4, 0.5) is 17.3 Å². The topological polar surface area (TPSA) is 139 Å². The molecule has 0 amide bonds. The van der Waals surface area contributed by atoms with Crippen molar-refractivity contribution < 1.29 is 14.5 Å². The minimum atomic E-state index is -0.658. The first kappa shape index (κ1) is 21.0. The summed E-state index contributed by atoms with van der Waals surface area (Å²) in [6.45, 7) is 5.24. The molecule has 11 heteroatoms. The van der Waals surface area contributed by atoms with Crippen LogP contribution in [0.25, 0.3) is 11.0 Å². The molecule has 0 unspecified atom stereocenters. The van der Waals surface area contributed by atoms with Crippen molar-refractivity contribution >= 4 is 34.3 Å². The zero-order valence-corrected chi connectivity index (χ0v) is 17.2. The molecule has 0 fully saturated rings. The number of aromatic amines is 1. The SMILES string of the molecule is CN(CC(=O)OC(C)(C)C)c1ncnc(NCc2nc3ccccc3[nH]2)c1[N+](=O)[O-]. The Bertz CT molecular complexity index is 1040. The highest BCUT2D eigenvalue weighted by Gasteiger charge is 2.27. The fourth-order valence-corrected chi connectivity index (χ4v) is 2.85. The van der Waals surface area contributed by atoms with Gasteiger partial charge in [-0.15, -0.1) is 0 Å². The van der Waals surface area contributed by atoms with E-state index in [0.29, 0.717) is 5.82 Å². The lowest BCUT2D eigenvalue weighted by atomic mass is 10.2. The van der Waals surface area contributed by atoms with Gasteiger partial charge in [-0.3, -0.25) is 14.9 Å². The number of esters is 1. The molecule has 30 heavy (non-hydrogen) atoms. The lowest BCUT2D eigenvalue weighted by Gasteiger charge is -2.23. The predicted octanol–water partition coefficient (Wildman–Crippen LogP) is 2.65. The summed E-state index contributed by atoms with van der Waals surface area (Å²) in [6.07, 6.45) is 1.20. The van der Waals surface area contributed by atoms with E-state index in [2.05, 4.69) is 25.3 Å². The Morgan fingerprint density at radius 3 is 2.70 bits per heavy atom. The van der Waals surface area contributed by atoms with Crippen molar-refractivity contribution in [3.05, 3.63) is 46.5 Å². The van der Waals surface area contributed by atoms with Crippen LogP contribution < -0.4 is 10.2 Å². The molecule has 11 nitrogen and oxygen atoms in total. The van der Waals surface area contributed by atoms with Crippen LogP contribution in [0.5, 0.6) is 0 Å². The molecule has 158 valence electrons. The number of benzene rings is 1. The number of para-hydroxylation sites is 2. The number of carbonyl (C=O) groups is 1. The maximum atomic E-state index is 12.1. The van der Waals surface area contributed by atoms with E-state index in [4.69, 9.17) is 4.74 Å². The number of H-pyrrole nitrogens is 1. The minimum absolute atomic E-state index is 0.00738. The van der Waals surface area contributed by atoms with Crippen molar-refractivity contribution in [2.75, 3.05) is 23.8 Å². The standard InChI is InChI=1S/C19H23N7O4/c1-19(2,3)30-15(27)10-25(4)18-16(26(28)29)17(21-11-22-18)20-9-14-23-12-7-5-6-8-13(12)24-14/h5-8,11H,9-10H2,1-4H3,(H,23,24)(H,20,21,22). The number of likely N-dealkylation sites (N-methyl/N-ethyl adjacent to an activating group) is 1. The number of ether oxygens (including phenoxy) is 1. The van der Waals surface area contributed by atoms with Gasteiger partial charge in [0.1, 0.15) is 24.3 Å². The van der Waals surface area contributed by atoms with E-state index < -0.39 is 16.5 Å². The van der Waals surface area contributed by atoms with Gasteiger partial charge in [0.2, 0.25) is 11.6 Å². The van der Waals surface area contributed by atoms with Gasteiger partial charge in [0, 0.05) is 7.05 Å². The Balaban J connectivity index is 1.80. The van der Waals surface area contributed by atoms with Crippen LogP contribution in [-0.4, -0.2) is 50.0 Å². The molecule has 0 bridgehead atoms. The number of fused-ring (bicyclic) bond motifs is 1. The molecule has 0 atom stereocenters. The van der Waals surface area contributed by atoms with Crippen LogP contribution in [0.15, 0.2) is 30.6 Å². The number of nitrogens with one attached hydrogen (secondary N) is 2. The highest BCUT2D eigenvalue weighted by molar-refractivity contribution is 5.79. The van der Waals surface area contributed by atoms with Gasteiger partial charge < -0.3 is 19.9 Å². The molecule has 3 aromatic rings. The van der Waals surface area contributed by atoms with Gasteiger partial charge in [0.25, 0.3) is 0 Å². The zero-order valence-electron chi connectivity index (χ0n) is 17.2. The second-order valence-electron chi connectivity index (χ2n) is 7.65. The lowest BCUT2D eigenvalue weighted by molar-refractivity contribution is -0.383. The van der Waals surface area contributed by atoms with Crippen molar-refractivity contribution in [1.29, 1.82) is 0 Å². The summed E-state index contributed by atoms with van der Waals surface area (Å²) in [7, 11) is 1.53. The van der Waals surface area contributed by atoms with Crippen LogP contribution in [0.2, 0.25) is 0 Å². The summed E-state index contributed by atoms with van der Waals surface area (Å²) in [5.74, 6) is 0.122. The number of nitrogens with zero attached hydrogens (tertiary/aromatic N) is 5. The van der Waals surface area contributed by atoms with Gasteiger partial charge in [0.05, 0.1) is 22.5 Å². The van der Waals surface area contributed by atoms with E-state index >= 15 is 0 Å². The highest BCUT2D eigenvalue weighted by Crippen LogP contribution is 2.31. The first-order valence-electron chi connectivity index (χ1n) is 9.24. The maximum absolute atomic E-state index is 12.1. The largest absolute Gasteiger partial charge is 0.459 e. The van der Waals surface area contributed by atoms with Crippen molar-refractivity contribution in [2.45, 2.75) is 32.9 Å². The van der Waals surface area contributed by atoms with Gasteiger partial charge in [-0.1, -0.05) is 12.1 Å². The lowest BCUT2D eigenvalue weighted by Crippen LogP contribution is -2.33. The normalized spacial score (nSPS) is 11.3. The smallest absolute Gasteiger partial charge is 0.353 e. The monoisotopic (exact) mass is 413 g/mol. The fourth-order valence-electron chi connectivity index (χ4n) is 2.85. The quantitative estimate of drug-likeness (QED) is 0.340. The van der Waals surface area contributed by atoms with Crippen molar-refractivity contribution in [1.82, 2.24) is 19.9 Å². The number of anilines is 2. The van der Waals surface area contributed by atoms with E-state index in [1.54, 1.807) is 20.8 Å². The molecular formula is C19H23N7O4. The predicted molar refractivity (Wildman–Crippen MR) is 111 cm³/mol. The first-order chi connectivity index (χ1) is 14.1. The molecule has 0 saturated heterocycles. The molecule has 3 rings (SSSR count). The average Bonchev–Trinajstić information content (AvgIpc) is 3.07. The third kappa shape index (κ3) is 4.99. The first-order valence-corrected chi connectivity index (χ1v) is 9.24. The van der Waals surface area contributed by atoms with Crippen LogP contribution in [0.3, 0.4) is 0 Å². The molecule has 0 saturated carbocycles. The Hall–Kier alpha value is -3.76. The van der Waals surface area contributed by atoms with E-state index in [9.17, 15) is 14.9 Å². The van der Waals surface area contributed by atoms with Gasteiger partial charge in [-0.25, -0.2) is 15.0 Å². The summed E-state index contributed by atoms with van der Waals surface area (Å²) in [5.41, 5.74) is 0.669. The summed E-state index contributed by atoms with van der Waals surface area (Å²) in [5, 5.41) is 14.7. The van der Waals surface area contributed by atoms with Crippen molar-refractivity contribution in [3.8, 4) is 0 Å². The van der Waals surface area contributed by atoms with Gasteiger partial charge >= 0.3 is 11.7 Å². The highest BCUT2D eigenvalue weighted by atomic mass is 16.6. The number of aromatic nitrogens is 4. The van der Waals surface area contributed by atoms with E-state index in [1.807, 2.05) is 24.3 Å². The second-order valence-corrected chi connectivity index (χ2v) is 7.65. The molecular weight excluding hydrogens is 390 g/mol. The van der Waals surface area contributed by atoms with Gasteiger partial charge in [-0.2, -0.15) is 0 Å². The van der Waals surface area contributed by atoms with E-state index in [0.717, 1.165) is 11.0 Å². The number of hydrogen-bond acceptors (Lipinski definition) is 9. The molecule has 2 heterocycles. The molecule has 0 aliphatic rings. The van der Waals surface area contributed by atoms with Crippen molar-refractivity contribution in [2.24, 2.45) is 0 Å². The Kier molecular flexibility index (Phi) is 5.81. The van der Waals surface area contributed by atoms with Gasteiger partial charge in [0.15, 0.2) is 0 Å². The summed E-state index contributed by atoms with van der Waals surface area (Å²) < 4.78 is 5.27. The maximum Gasteiger partial charge on any atom is 0.353 e. The van der Waals surface area contributed by atoms with Crippen LogP contribution >= 0.6 is 0 Å². The molecule has 0 aliphatic heterocycles.